The molecule has 0 amide bonds. The van der Waals surface area contributed by atoms with E-state index in [2.05, 4.69) is 135 Å². The zero-order chi connectivity index (χ0) is 63.3. The van der Waals surface area contributed by atoms with Crippen LogP contribution < -0.4 is 0 Å². The lowest BCUT2D eigenvalue weighted by molar-refractivity contribution is -0.161. The van der Waals surface area contributed by atoms with Crippen molar-refractivity contribution in [3.8, 4) is 0 Å². The lowest BCUT2D eigenvalue weighted by atomic mass is 10.0. The van der Waals surface area contributed by atoms with Crippen molar-refractivity contribution in [1.82, 2.24) is 0 Å². The molecule has 0 aliphatic carbocycles. The summed E-state index contributed by atoms with van der Waals surface area (Å²) in [4.78, 5) is 24.7. The van der Waals surface area contributed by atoms with E-state index in [1.807, 2.05) is 0 Å². The van der Waals surface area contributed by atoms with Gasteiger partial charge < -0.3 is 14.6 Å². The standard InChI is InChI=1S/C83H144O5/c1-3-5-7-9-11-13-15-17-19-21-23-25-27-29-31-33-35-37-39-41-43-45-47-49-51-53-55-57-59-61-63-65-67-69-71-73-75-77-82(85)87-80-81(79-84)88-83(86)78-76-74-72-70-68-66-64-62-60-58-56-54-52-50-48-46-44-42-40-38-36-34-32-30-28-26-24-22-20-18-16-14-12-10-8-6-4-2/h6,8,12,14-15,17-18,20-21,23-24,26-27,29-30,32,36,38,42,44,81,84H,3-5,7,9-11,13,16,19,22,25,28,31,33-35,37,39-41,43,45-80H2,1-2H3/b8-6-,14-12-,17-15-,20-18-,23-21-,26-24-,29-27-,32-30-,38-36-,44-42-. The molecule has 0 saturated carbocycles. The molecule has 0 bridgehead atoms. The lowest BCUT2D eigenvalue weighted by Crippen LogP contribution is -2.28. The summed E-state index contributed by atoms with van der Waals surface area (Å²) < 4.78 is 10.8. The molecule has 5 heteroatoms. The minimum Gasteiger partial charge on any atom is -0.462 e. The van der Waals surface area contributed by atoms with E-state index in [-0.39, 0.29) is 25.2 Å². The van der Waals surface area contributed by atoms with Crippen LogP contribution in [0.4, 0.5) is 0 Å². The fourth-order valence-corrected chi connectivity index (χ4v) is 11.1. The Labute approximate surface area is 547 Å². The second-order valence-electron chi connectivity index (χ2n) is 25.3. The van der Waals surface area contributed by atoms with Crippen molar-refractivity contribution in [3.63, 3.8) is 0 Å². The molecule has 0 rings (SSSR count). The quantitative estimate of drug-likeness (QED) is 0.0373. The Morgan fingerprint density at radius 2 is 0.489 bits per heavy atom. The van der Waals surface area contributed by atoms with Crippen molar-refractivity contribution in [2.45, 2.75) is 380 Å². The monoisotopic (exact) mass is 1220 g/mol. The number of hydrogen-bond acceptors (Lipinski definition) is 5. The fraction of sp³-hybridized carbons (Fsp3) is 0.735. The second kappa shape index (κ2) is 77.5. The summed E-state index contributed by atoms with van der Waals surface area (Å²) in [6.45, 7) is 4.05. The van der Waals surface area contributed by atoms with Crippen LogP contribution in [-0.2, 0) is 19.1 Å². The van der Waals surface area contributed by atoms with E-state index in [1.165, 1.54) is 250 Å². The minimum atomic E-state index is -0.778. The summed E-state index contributed by atoms with van der Waals surface area (Å²) in [6.07, 6.45) is 114. The SMILES string of the molecule is CC/C=C\C/C=C\C/C=C\C/C=C\C/C=C\C/C=C\C/C=C\CCCCCCCCCCCCCCCCCC(=O)OC(CO)COC(=O)CCCCCCCCCCCCCCCCCCCCCCCC/C=C\C/C=C\C/C=C\CCCCCCC. The number of aliphatic hydroxyl groups is 1. The maximum Gasteiger partial charge on any atom is 0.306 e. The first-order chi connectivity index (χ1) is 43.6. The van der Waals surface area contributed by atoms with Gasteiger partial charge in [0.05, 0.1) is 6.61 Å². The van der Waals surface area contributed by atoms with Gasteiger partial charge in [0.25, 0.3) is 0 Å². The average molecular weight is 1220 g/mol. The van der Waals surface area contributed by atoms with Crippen molar-refractivity contribution in [2.75, 3.05) is 13.2 Å². The molecule has 0 aliphatic rings. The summed E-state index contributed by atoms with van der Waals surface area (Å²) >= 11 is 0. The van der Waals surface area contributed by atoms with Gasteiger partial charge in [-0.05, 0) is 109 Å². The highest BCUT2D eigenvalue weighted by Gasteiger charge is 2.16. The fourth-order valence-electron chi connectivity index (χ4n) is 11.1. The first-order valence-electron chi connectivity index (χ1n) is 38.1. The van der Waals surface area contributed by atoms with Crippen LogP contribution >= 0.6 is 0 Å². The highest BCUT2D eigenvalue weighted by atomic mass is 16.6. The molecule has 5 nitrogen and oxygen atoms in total. The normalized spacial score (nSPS) is 12.9. The second-order valence-corrected chi connectivity index (χ2v) is 25.3. The van der Waals surface area contributed by atoms with E-state index in [9.17, 15) is 14.7 Å². The maximum absolute atomic E-state index is 12.4. The van der Waals surface area contributed by atoms with E-state index in [1.54, 1.807) is 0 Å². The molecule has 0 aliphatic heterocycles. The molecule has 0 spiro atoms. The number of carbonyl (C=O) groups excluding carboxylic acids is 2. The molecule has 0 aromatic carbocycles. The summed E-state index contributed by atoms with van der Waals surface area (Å²) in [5.41, 5.74) is 0. The van der Waals surface area contributed by atoms with Gasteiger partial charge in [0, 0.05) is 12.8 Å². The third kappa shape index (κ3) is 74.8. The summed E-state index contributed by atoms with van der Waals surface area (Å²) in [5.74, 6) is -0.578. The molecule has 0 fully saturated rings. The van der Waals surface area contributed by atoms with Crippen LogP contribution in [-0.4, -0.2) is 36.4 Å². The van der Waals surface area contributed by atoms with Crippen LogP contribution in [0.3, 0.4) is 0 Å². The number of ether oxygens (including phenoxy) is 2. The number of rotatable bonds is 70. The lowest BCUT2D eigenvalue weighted by Gasteiger charge is -2.15. The third-order valence-corrected chi connectivity index (χ3v) is 16.7. The van der Waals surface area contributed by atoms with E-state index >= 15 is 0 Å². The minimum absolute atomic E-state index is 0.0660. The van der Waals surface area contributed by atoms with Gasteiger partial charge in [-0.3, -0.25) is 9.59 Å². The predicted octanol–water partition coefficient (Wildman–Crippen LogP) is 26.9. The summed E-state index contributed by atoms with van der Waals surface area (Å²) in [7, 11) is 0. The van der Waals surface area contributed by atoms with Crippen LogP contribution in [0.2, 0.25) is 0 Å². The van der Waals surface area contributed by atoms with Crippen molar-refractivity contribution < 1.29 is 24.2 Å². The smallest absolute Gasteiger partial charge is 0.306 e. The number of hydrogen-bond donors (Lipinski definition) is 1. The van der Waals surface area contributed by atoms with Crippen molar-refractivity contribution in [1.29, 1.82) is 0 Å². The van der Waals surface area contributed by atoms with E-state index in [0.29, 0.717) is 12.8 Å². The van der Waals surface area contributed by atoms with Crippen molar-refractivity contribution in [3.05, 3.63) is 122 Å². The highest BCUT2D eigenvalue weighted by Crippen LogP contribution is 2.18. The number of allylic oxidation sites excluding steroid dienone is 20. The van der Waals surface area contributed by atoms with E-state index < -0.39 is 6.10 Å². The van der Waals surface area contributed by atoms with Gasteiger partial charge in [-0.15, -0.1) is 0 Å². The van der Waals surface area contributed by atoms with Crippen molar-refractivity contribution in [2.24, 2.45) is 0 Å². The topological polar surface area (TPSA) is 72.8 Å². The van der Waals surface area contributed by atoms with Gasteiger partial charge in [0.1, 0.15) is 6.61 Å². The molecule has 88 heavy (non-hydrogen) atoms. The first kappa shape index (κ1) is 84.3. The summed E-state index contributed by atoms with van der Waals surface area (Å²) in [6, 6.07) is 0. The van der Waals surface area contributed by atoms with Crippen LogP contribution in [0, 0.1) is 0 Å². The van der Waals surface area contributed by atoms with Crippen LogP contribution in [0.1, 0.15) is 373 Å². The zero-order valence-electron chi connectivity index (χ0n) is 58.2. The van der Waals surface area contributed by atoms with Crippen LogP contribution in [0.25, 0.3) is 0 Å². The Kier molecular flexibility index (Phi) is 74.3. The molecular weight excluding hydrogens is 1080 g/mol. The Morgan fingerprint density at radius 1 is 0.273 bits per heavy atom. The zero-order valence-corrected chi connectivity index (χ0v) is 58.2. The van der Waals surface area contributed by atoms with Gasteiger partial charge in [0.15, 0.2) is 6.10 Å². The first-order valence-corrected chi connectivity index (χ1v) is 38.1. The van der Waals surface area contributed by atoms with Gasteiger partial charge in [-0.1, -0.05) is 373 Å². The number of carbonyl (C=O) groups is 2. The van der Waals surface area contributed by atoms with E-state index in [0.717, 1.165) is 96.3 Å². The van der Waals surface area contributed by atoms with Gasteiger partial charge >= 0.3 is 11.9 Å². The molecule has 0 aromatic heterocycles. The van der Waals surface area contributed by atoms with Crippen molar-refractivity contribution >= 4 is 11.9 Å². The number of aliphatic hydroxyl groups excluding tert-OH is 1. The van der Waals surface area contributed by atoms with E-state index in [4.69, 9.17) is 9.47 Å². The molecule has 506 valence electrons. The Morgan fingerprint density at radius 3 is 0.739 bits per heavy atom. The van der Waals surface area contributed by atoms with Crippen LogP contribution in [0.5, 0.6) is 0 Å². The Hall–Kier alpha value is -3.70. The van der Waals surface area contributed by atoms with Gasteiger partial charge in [0.2, 0.25) is 0 Å². The highest BCUT2D eigenvalue weighted by molar-refractivity contribution is 5.70. The molecule has 0 radical (unpaired) electrons. The van der Waals surface area contributed by atoms with Gasteiger partial charge in [-0.25, -0.2) is 0 Å². The largest absolute Gasteiger partial charge is 0.462 e. The third-order valence-electron chi connectivity index (χ3n) is 16.7. The molecule has 0 saturated heterocycles. The number of esters is 2. The molecule has 0 aromatic rings. The van der Waals surface area contributed by atoms with Crippen LogP contribution in [0.15, 0.2) is 122 Å². The Balaban J connectivity index is 3.44. The van der Waals surface area contributed by atoms with Gasteiger partial charge in [-0.2, -0.15) is 0 Å². The average Bonchev–Trinajstić information content (AvgIpc) is 3.55. The molecule has 1 N–H and O–H groups in total. The molecule has 1 atom stereocenters. The Bertz CT molecular complexity index is 1720. The maximum atomic E-state index is 12.4. The molecular formula is C83H144O5. The predicted molar refractivity (Wildman–Crippen MR) is 389 cm³/mol. The summed E-state index contributed by atoms with van der Waals surface area (Å²) in [5, 5.41) is 9.72. The number of unbranched alkanes of at least 4 members (excludes halogenated alkanes) is 42. The molecule has 0 heterocycles. The molecule has 1 unspecified atom stereocenters.